The average molecular weight is 98.1 g/mol. The summed E-state index contributed by atoms with van der Waals surface area (Å²) in [4.78, 5) is 11.6. The topological polar surface area (TPSA) is 44.2 Å². The molecule has 38 valence electrons. The second-order valence-corrected chi connectivity index (χ2v) is 1.47. The minimum atomic E-state index is 0.0648. The number of hydrogen-bond donors (Lipinski definition) is 1. The van der Waals surface area contributed by atoms with Crippen LogP contribution in [-0.2, 0) is 4.79 Å². The predicted octanol–water partition coefficient (Wildman–Crippen LogP) is -0.174. The van der Waals surface area contributed by atoms with Crippen molar-refractivity contribution in [3.8, 4) is 0 Å². The van der Waals surface area contributed by atoms with Gasteiger partial charge in [0.2, 0.25) is 5.91 Å². The van der Waals surface area contributed by atoms with Crippen molar-refractivity contribution in [1.29, 1.82) is 5.41 Å². The normalized spacial score (nSPS) is 18.9. The standard InChI is InChI=1S/C4H6N2O/c5-3-6-2-1-4(6)7/h3,5H,1-2H2. The highest BCUT2D eigenvalue weighted by Crippen LogP contribution is 2.02. The Morgan fingerprint density at radius 1 is 1.86 bits per heavy atom. The summed E-state index contributed by atoms with van der Waals surface area (Å²) in [6.07, 6.45) is 1.68. The first-order valence-electron chi connectivity index (χ1n) is 2.14. The first-order chi connectivity index (χ1) is 3.34. The summed E-state index contributed by atoms with van der Waals surface area (Å²) in [5.41, 5.74) is 0. The van der Waals surface area contributed by atoms with E-state index in [4.69, 9.17) is 5.41 Å². The van der Waals surface area contributed by atoms with Crippen molar-refractivity contribution in [3.05, 3.63) is 0 Å². The van der Waals surface area contributed by atoms with E-state index in [1.165, 1.54) is 4.90 Å². The van der Waals surface area contributed by atoms with E-state index in [1.54, 1.807) is 0 Å². The quantitative estimate of drug-likeness (QED) is 0.276. The molecule has 0 bridgehead atoms. The van der Waals surface area contributed by atoms with Crippen LogP contribution in [0.15, 0.2) is 0 Å². The van der Waals surface area contributed by atoms with Gasteiger partial charge < -0.3 is 4.90 Å². The molecule has 1 amide bonds. The maximum absolute atomic E-state index is 10.2. The van der Waals surface area contributed by atoms with Gasteiger partial charge in [0.05, 0.1) is 6.34 Å². The van der Waals surface area contributed by atoms with Crippen LogP contribution in [-0.4, -0.2) is 23.7 Å². The molecule has 0 aromatic carbocycles. The van der Waals surface area contributed by atoms with E-state index in [1.807, 2.05) is 0 Å². The van der Waals surface area contributed by atoms with E-state index in [-0.39, 0.29) is 5.91 Å². The molecule has 3 nitrogen and oxygen atoms in total. The van der Waals surface area contributed by atoms with Crippen LogP contribution in [0.4, 0.5) is 0 Å². The van der Waals surface area contributed by atoms with Gasteiger partial charge in [-0.25, -0.2) is 0 Å². The van der Waals surface area contributed by atoms with Crippen molar-refractivity contribution >= 4 is 12.2 Å². The minimum absolute atomic E-state index is 0.0648. The summed E-state index contributed by atoms with van der Waals surface area (Å²) >= 11 is 0. The smallest absolute Gasteiger partial charge is 0.229 e. The van der Waals surface area contributed by atoms with E-state index < -0.39 is 0 Å². The first-order valence-corrected chi connectivity index (χ1v) is 2.14. The number of carbonyl (C=O) groups is 1. The molecule has 0 aliphatic carbocycles. The van der Waals surface area contributed by atoms with Gasteiger partial charge >= 0.3 is 0 Å². The molecule has 1 N–H and O–H groups in total. The molecular formula is C4H6N2O. The fourth-order valence-corrected chi connectivity index (χ4v) is 0.469. The maximum atomic E-state index is 10.2. The average Bonchev–Trinajstić information content (AvgIpc) is 1.65. The van der Waals surface area contributed by atoms with Gasteiger partial charge in [-0.2, -0.15) is 0 Å². The Kier molecular flexibility index (Phi) is 0.817. The van der Waals surface area contributed by atoms with Crippen LogP contribution in [0.2, 0.25) is 0 Å². The molecule has 0 aromatic rings. The number of rotatable bonds is 1. The fourth-order valence-electron chi connectivity index (χ4n) is 0.469. The lowest BCUT2D eigenvalue weighted by Crippen LogP contribution is -2.41. The second kappa shape index (κ2) is 1.33. The van der Waals surface area contributed by atoms with Crippen molar-refractivity contribution in [2.24, 2.45) is 0 Å². The third-order valence-electron chi connectivity index (χ3n) is 1.04. The molecule has 0 spiro atoms. The highest BCUT2D eigenvalue weighted by Gasteiger charge is 2.20. The van der Waals surface area contributed by atoms with E-state index in [2.05, 4.69) is 0 Å². The van der Waals surface area contributed by atoms with Gasteiger partial charge in [-0.15, -0.1) is 0 Å². The lowest BCUT2D eigenvalue weighted by molar-refractivity contribution is -0.133. The van der Waals surface area contributed by atoms with E-state index in [0.29, 0.717) is 6.42 Å². The van der Waals surface area contributed by atoms with Crippen LogP contribution in [0.5, 0.6) is 0 Å². The van der Waals surface area contributed by atoms with Gasteiger partial charge in [0.15, 0.2) is 0 Å². The second-order valence-electron chi connectivity index (χ2n) is 1.47. The molecule has 3 heteroatoms. The molecule has 1 rings (SSSR count). The van der Waals surface area contributed by atoms with Crippen LogP contribution in [0.1, 0.15) is 6.42 Å². The number of hydrogen-bond acceptors (Lipinski definition) is 2. The molecule has 0 aromatic heterocycles. The van der Waals surface area contributed by atoms with Crippen molar-refractivity contribution in [1.82, 2.24) is 4.90 Å². The molecule has 1 heterocycles. The van der Waals surface area contributed by atoms with Crippen molar-refractivity contribution in [2.45, 2.75) is 6.42 Å². The predicted molar refractivity (Wildman–Crippen MR) is 25.1 cm³/mol. The highest BCUT2D eigenvalue weighted by atomic mass is 16.2. The molecular weight excluding hydrogens is 92.1 g/mol. The molecule has 7 heavy (non-hydrogen) atoms. The van der Waals surface area contributed by atoms with Crippen LogP contribution < -0.4 is 0 Å². The third-order valence-corrected chi connectivity index (χ3v) is 1.04. The number of amides is 1. The molecule has 1 aliphatic rings. The molecule has 0 radical (unpaired) electrons. The van der Waals surface area contributed by atoms with Gasteiger partial charge in [0.1, 0.15) is 0 Å². The largest absolute Gasteiger partial charge is 0.303 e. The van der Waals surface area contributed by atoms with E-state index >= 15 is 0 Å². The summed E-state index contributed by atoms with van der Waals surface area (Å²) in [7, 11) is 0. The zero-order valence-electron chi connectivity index (χ0n) is 3.85. The Morgan fingerprint density at radius 2 is 2.57 bits per heavy atom. The van der Waals surface area contributed by atoms with Crippen molar-refractivity contribution in [3.63, 3.8) is 0 Å². The Bertz CT molecular complexity index is 110. The summed E-state index contributed by atoms with van der Waals surface area (Å²) < 4.78 is 0. The van der Waals surface area contributed by atoms with Gasteiger partial charge in [-0.1, -0.05) is 0 Å². The van der Waals surface area contributed by atoms with Gasteiger partial charge in [0, 0.05) is 13.0 Å². The highest BCUT2D eigenvalue weighted by molar-refractivity contribution is 5.91. The van der Waals surface area contributed by atoms with Gasteiger partial charge in [-0.05, 0) is 0 Å². The van der Waals surface area contributed by atoms with Crippen LogP contribution in [0.25, 0.3) is 0 Å². The number of likely N-dealkylation sites (tertiary alicyclic amines) is 1. The Labute approximate surface area is 41.4 Å². The number of β-lactam (4-membered cyclic amide) rings is 1. The Morgan fingerprint density at radius 3 is 2.57 bits per heavy atom. The third kappa shape index (κ3) is 0.493. The number of carbonyl (C=O) groups excluding carboxylic acids is 1. The summed E-state index contributed by atoms with van der Waals surface area (Å²) in [6.45, 7) is 0.738. The zero-order valence-corrected chi connectivity index (χ0v) is 3.85. The van der Waals surface area contributed by atoms with Crippen molar-refractivity contribution < 1.29 is 4.79 Å². The van der Waals surface area contributed by atoms with Gasteiger partial charge in [-0.3, -0.25) is 10.2 Å². The molecule has 0 saturated carbocycles. The molecule has 1 aliphatic heterocycles. The minimum Gasteiger partial charge on any atom is -0.303 e. The summed E-state index contributed by atoms with van der Waals surface area (Å²) in [5, 5.41) is 6.57. The lowest BCUT2D eigenvalue weighted by Gasteiger charge is -2.24. The van der Waals surface area contributed by atoms with Crippen molar-refractivity contribution in [2.75, 3.05) is 6.54 Å². The van der Waals surface area contributed by atoms with Crippen LogP contribution in [0.3, 0.4) is 0 Å². The lowest BCUT2D eigenvalue weighted by atomic mass is 10.2. The first kappa shape index (κ1) is 4.30. The zero-order chi connectivity index (χ0) is 5.28. The number of nitrogens with zero attached hydrogens (tertiary/aromatic N) is 1. The molecule has 1 saturated heterocycles. The summed E-state index contributed by atoms with van der Waals surface area (Å²) in [6, 6.07) is 0. The number of nitrogens with one attached hydrogen (secondary N) is 1. The fraction of sp³-hybridized carbons (Fsp3) is 0.500. The Balaban J connectivity index is 2.43. The molecule has 0 atom stereocenters. The van der Waals surface area contributed by atoms with Gasteiger partial charge in [0.25, 0.3) is 0 Å². The summed E-state index contributed by atoms with van der Waals surface area (Å²) in [5.74, 6) is 0.0648. The van der Waals surface area contributed by atoms with E-state index in [9.17, 15) is 4.79 Å². The van der Waals surface area contributed by atoms with E-state index in [0.717, 1.165) is 12.9 Å². The molecule has 1 fully saturated rings. The molecule has 0 unspecified atom stereocenters. The SMILES string of the molecule is N=CN1CCC1=O. The van der Waals surface area contributed by atoms with Crippen LogP contribution >= 0.6 is 0 Å². The Hall–Kier alpha value is -0.860. The maximum Gasteiger partial charge on any atom is 0.229 e. The van der Waals surface area contributed by atoms with Crippen LogP contribution in [0, 0.1) is 5.41 Å². The monoisotopic (exact) mass is 98.0 g/mol.